The minimum Gasteiger partial charge on any atom is -0.489 e. The summed E-state index contributed by atoms with van der Waals surface area (Å²) in [5, 5.41) is 20.1. The van der Waals surface area contributed by atoms with Crippen LogP contribution in [-0.2, 0) is 16.4 Å². The first-order chi connectivity index (χ1) is 17.7. The smallest absolute Gasteiger partial charge is 0.213 e. The Labute approximate surface area is 221 Å². The molecule has 0 amide bonds. The fourth-order valence-corrected chi connectivity index (χ4v) is 7.20. The number of hydrogen-bond acceptors (Lipinski definition) is 9. The summed E-state index contributed by atoms with van der Waals surface area (Å²) < 4.78 is 34.3. The van der Waals surface area contributed by atoms with Gasteiger partial charge in [-0.15, -0.1) is 10.2 Å². The number of sulfonamides is 1. The normalized spacial score (nSPS) is 20.0. The molecule has 9 nitrogen and oxygen atoms in total. The molecule has 2 aliphatic rings. The molecule has 3 aromatic rings. The molecule has 1 fully saturated rings. The Morgan fingerprint density at radius 1 is 1.22 bits per heavy atom. The average molecular weight is 544 g/mol. The summed E-state index contributed by atoms with van der Waals surface area (Å²) in [6.45, 7) is 5.61. The molecule has 5 rings (SSSR count). The average Bonchev–Trinajstić information content (AvgIpc) is 3.59. The van der Waals surface area contributed by atoms with Crippen molar-refractivity contribution in [3.8, 4) is 26.9 Å². The van der Waals surface area contributed by atoms with Crippen LogP contribution in [0, 0.1) is 0 Å². The van der Waals surface area contributed by atoms with Crippen molar-refractivity contribution in [1.29, 1.82) is 0 Å². The summed E-state index contributed by atoms with van der Waals surface area (Å²) in [7, 11) is -3.46. The highest BCUT2D eigenvalue weighted by atomic mass is 32.2. The van der Waals surface area contributed by atoms with Crippen molar-refractivity contribution in [1.82, 2.24) is 19.8 Å². The van der Waals surface area contributed by atoms with Crippen LogP contribution in [-0.4, -0.2) is 66.2 Å². The van der Waals surface area contributed by atoms with Crippen molar-refractivity contribution in [3.63, 3.8) is 0 Å². The summed E-state index contributed by atoms with van der Waals surface area (Å²) in [6, 6.07) is 11.3. The molecule has 2 aromatic carbocycles. The SMILES string of the molecule is CC(C)Oc1ccc(-c2nnc(-c3cccc4c3CC[C@@H]4NS(=O)(=O)CCN3CC[C@H](O)C3)s2)cc1N. The Morgan fingerprint density at radius 3 is 2.76 bits per heavy atom. The van der Waals surface area contributed by atoms with E-state index in [1.165, 1.54) is 11.3 Å². The van der Waals surface area contributed by atoms with Crippen molar-refractivity contribution in [2.24, 2.45) is 0 Å². The number of rotatable bonds is 9. The van der Waals surface area contributed by atoms with Gasteiger partial charge in [-0.1, -0.05) is 29.5 Å². The van der Waals surface area contributed by atoms with Crippen molar-refractivity contribution < 1.29 is 18.3 Å². The first-order valence-electron chi connectivity index (χ1n) is 12.6. The second-order valence-corrected chi connectivity index (χ2v) is 12.8. The van der Waals surface area contributed by atoms with Crippen molar-refractivity contribution in [2.75, 3.05) is 31.1 Å². The maximum absolute atomic E-state index is 12.8. The van der Waals surface area contributed by atoms with Crippen LogP contribution in [0.1, 0.15) is 43.9 Å². The lowest BCUT2D eigenvalue weighted by Crippen LogP contribution is -2.35. The van der Waals surface area contributed by atoms with E-state index in [0.717, 1.165) is 45.2 Å². The zero-order valence-corrected chi connectivity index (χ0v) is 22.7. The molecule has 2 atom stereocenters. The summed E-state index contributed by atoms with van der Waals surface area (Å²) in [6.07, 6.45) is 1.85. The van der Waals surface area contributed by atoms with E-state index in [9.17, 15) is 13.5 Å². The number of nitrogens with one attached hydrogen (secondary N) is 1. The zero-order chi connectivity index (χ0) is 26.2. The highest BCUT2D eigenvalue weighted by Gasteiger charge is 2.30. The van der Waals surface area contributed by atoms with E-state index in [-0.39, 0.29) is 24.0 Å². The lowest BCUT2D eigenvalue weighted by Gasteiger charge is -2.18. The third kappa shape index (κ3) is 5.96. The number of nitrogens with zero attached hydrogens (tertiary/aromatic N) is 3. The number of nitrogens with two attached hydrogens (primary N) is 1. The Kier molecular flexibility index (Phi) is 7.51. The van der Waals surface area contributed by atoms with E-state index in [1.807, 2.05) is 55.1 Å². The molecule has 0 bridgehead atoms. The molecule has 1 saturated heterocycles. The standard InChI is InChI=1S/C26H33N5O4S2/c1-16(2)35-24-9-6-17(14-22(24)27)25-28-29-26(36-25)21-5-3-4-20-19(21)7-8-23(20)30-37(33,34)13-12-31-11-10-18(32)15-31/h3-6,9,14,16,18,23,30,32H,7-8,10-13,15,27H2,1-2H3/t18-,23-/m0/s1. The van der Waals surface area contributed by atoms with Crippen LogP contribution < -0.4 is 15.2 Å². The van der Waals surface area contributed by atoms with Crippen LogP contribution >= 0.6 is 11.3 Å². The minimum atomic E-state index is -3.46. The first-order valence-corrected chi connectivity index (χ1v) is 15.1. The van der Waals surface area contributed by atoms with Gasteiger partial charge in [0, 0.05) is 36.8 Å². The van der Waals surface area contributed by atoms with Gasteiger partial charge in [0.2, 0.25) is 10.0 Å². The fraction of sp³-hybridized carbons (Fsp3) is 0.462. The van der Waals surface area contributed by atoms with E-state index < -0.39 is 10.0 Å². The third-order valence-electron chi connectivity index (χ3n) is 6.79. The molecular formula is C26H33N5O4S2. The van der Waals surface area contributed by atoms with Gasteiger partial charge in [0.25, 0.3) is 0 Å². The summed E-state index contributed by atoms with van der Waals surface area (Å²) >= 11 is 1.49. The largest absolute Gasteiger partial charge is 0.489 e. The zero-order valence-electron chi connectivity index (χ0n) is 21.1. The van der Waals surface area contributed by atoms with Crippen LogP contribution in [0.3, 0.4) is 0 Å². The number of aliphatic hydroxyl groups excluding tert-OH is 1. The van der Waals surface area contributed by atoms with Crippen LogP contribution in [0.25, 0.3) is 21.1 Å². The van der Waals surface area contributed by atoms with Gasteiger partial charge in [-0.2, -0.15) is 0 Å². The van der Waals surface area contributed by atoms with Crippen LogP contribution in [0.5, 0.6) is 5.75 Å². The maximum atomic E-state index is 12.8. The first kappa shape index (κ1) is 26.1. The Balaban J connectivity index is 1.31. The van der Waals surface area contributed by atoms with Gasteiger partial charge in [-0.05, 0) is 62.4 Å². The van der Waals surface area contributed by atoms with E-state index >= 15 is 0 Å². The number of hydrogen-bond donors (Lipinski definition) is 3. The second-order valence-electron chi connectivity index (χ2n) is 9.98. The summed E-state index contributed by atoms with van der Waals surface area (Å²) in [5.41, 5.74) is 10.7. The Hall–Kier alpha value is -2.57. The monoisotopic (exact) mass is 543 g/mol. The minimum absolute atomic E-state index is 0.0229. The molecular weight excluding hydrogens is 510 g/mol. The number of aromatic nitrogens is 2. The van der Waals surface area contributed by atoms with E-state index in [1.54, 1.807) is 0 Å². The van der Waals surface area contributed by atoms with Crippen LogP contribution in [0.15, 0.2) is 36.4 Å². The van der Waals surface area contributed by atoms with Gasteiger partial charge < -0.3 is 15.6 Å². The lowest BCUT2D eigenvalue weighted by molar-refractivity contribution is 0.178. The number of benzene rings is 2. The van der Waals surface area contributed by atoms with Crippen molar-refractivity contribution >= 4 is 27.0 Å². The van der Waals surface area contributed by atoms with Crippen LogP contribution in [0.4, 0.5) is 5.69 Å². The molecule has 0 radical (unpaired) electrons. The number of fused-ring (bicyclic) bond motifs is 1. The fourth-order valence-electron chi connectivity index (χ4n) is 5.01. The number of ether oxygens (including phenoxy) is 1. The van der Waals surface area contributed by atoms with Crippen molar-refractivity contribution in [3.05, 3.63) is 47.5 Å². The van der Waals surface area contributed by atoms with Gasteiger partial charge in [0.1, 0.15) is 15.8 Å². The molecule has 4 N–H and O–H groups in total. The molecule has 0 unspecified atom stereocenters. The van der Waals surface area contributed by atoms with Crippen molar-refractivity contribution in [2.45, 2.75) is 51.4 Å². The van der Waals surface area contributed by atoms with Gasteiger partial charge in [-0.25, -0.2) is 13.1 Å². The van der Waals surface area contributed by atoms with Gasteiger partial charge in [0.15, 0.2) is 0 Å². The van der Waals surface area contributed by atoms with Gasteiger partial charge in [-0.3, -0.25) is 4.90 Å². The number of anilines is 1. The summed E-state index contributed by atoms with van der Waals surface area (Å²) in [4.78, 5) is 2.00. The molecule has 2 heterocycles. The number of aliphatic hydroxyl groups is 1. The third-order valence-corrected chi connectivity index (χ3v) is 9.16. The molecule has 1 aliphatic heterocycles. The van der Waals surface area contributed by atoms with E-state index in [4.69, 9.17) is 10.5 Å². The summed E-state index contributed by atoms with van der Waals surface area (Å²) in [5.74, 6) is 0.672. The molecule has 198 valence electrons. The lowest BCUT2D eigenvalue weighted by atomic mass is 10.0. The predicted octanol–water partition coefficient (Wildman–Crippen LogP) is 3.21. The highest BCUT2D eigenvalue weighted by Crippen LogP contribution is 2.40. The Morgan fingerprint density at radius 2 is 2.03 bits per heavy atom. The molecule has 0 spiro atoms. The second kappa shape index (κ2) is 10.7. The van der Waals surface area contributed by atoms with Gasteiger partial charge >= 0.3 is 0 Å². The van der Waals surface area contributed by atoms with Crippen LogP contribution in [0.2, 0.25) is 0 Å². The topological polar surface area (TPSA) is 131 Å². The molecule has 0 saturated carbocycles. The Bertz CT molecular complexity index is 1380. The number of nitrogen functional groups attached to an aromatic ring is 1. The maximum Gasteiger partial charge on any atom is 0.213 e. The molecule has 11 heteroatoms. The highest BCUT2D eigenvalue weighted by molar-refractivity contribution is 7.89. The molecule has 1 aromatic heterocycles. The number of β-amino-alcohol motifs (C(OH)–C–C–N with tert-alkyl or cyclic N) is 1. The van der Waals surface area contributed by atoms with E-state index in [2.05, 4.69) is 14.9 Å². The molecule has 1 aliphatic carbocycles. The predicted molar refractivity (Wildman–Crippen MR) is 146 cm³/mol. The number of likely N-dealkylation sites (tertiary alicyclic amines) is 1. The quantitative estimate of drug-likeness (QED) is 0.351. The molecule has 37 heavy (non-hydrogen) atoms. The van der Waals surface area contributed by atoms with Gasteiger partial charge in [0.05, 0.1) is 23.6 Å². The van der Waals surface area contributed by atoms with E-state index in [0.29, 0.717) is 37.4 Å².